The first-order valence-corrected chi connectivity index (χ1v) is 14.1. The molecule has 3 rings (SSSR count). The minimum Gasteiger partial charge on any atom is -0.390 e. The van der Waals surface area contributed by atoms with Crippen LogP contribution in [-0.2, 0) is 14.6 Å². The average molecular weight is 481 g/mol. The van der Waals surface area contributed by atoms with Gasteiger partial charge in [0.25, 0.3) is 0 Å². The van der Waals surface area contributed by atoms with Crippen LogP contribution in [0.3, 0.4) is 0 Å². The van der Waals surface area contributed by atoms with Gasteiger partial charge in [-0.1, -0.05) is 56.6 Å². The zero-order valence-corrected chi connectivity index (χ0v) is 21.8. The molecule has 3 aliphatic rings. The van der Waals surface area contributed by atoms with E-state index in [-0.39, 0.29) is 0 Å². The predicted molar refractivity (Wildman–Crippen MR) is 133 cm³/mol. The van der Waals surface area contributed by atoms with E-state index in [0.29, 0.717) is 30.6 Å². The minimum absolute atomic E-state index is 0.404. The molecule has 2 N–H and O–H groups in total. The fourth-order valence-electron chi connectivity index (χ4n) is 6.71. The van der Waals surface area contributed by atoms with Crippen molar-refractivity contribution in [1.29, 1.82) is 0 Å². The molecule has 3 fully saturated rings. The Kier molecular flexibility index (Phi) is 8.36. The minimum atomic E-state index is -4.43. The first-order valence-electron chi connectivity index (χ1n) is 12.7. The van der Waals surface area contributed by atoms with Gasteiger partial charge in [0.2, 0.25) is 0 Å². The zero-order valence-electron chi connectivity index (χ0n) is 21.0. The van der Waals surface area contributed by atoms with Crippen molar-refractivity contribution < 1.29 is 22.3 Å². The van der Waals surface area contributed by atoms with Crippen molar-refractivity contribution in [3.8, 4) is 0 Å². The Morgan fingerprint density at radius 3 is 2.61 bits per heavy atom. The largest absolute Gasteiger partial charge is 0.397 e. The molecule has 5 nitrogen and oxygen atoms in total. The molecule has 0 aliphatic heterocycles. The number of aliphatic hydroxyl groups is 1. The van der Waals surface area contributed by atoms with Crippen molar-refractivity contribution in [2.45, 2.75) is 110 Å². The molecule has 0 bridgehead atoms. The first-order chi connectivity index (χ1) is 15.3. The van der Waals surface area contributed by atoms with Gasteiger partial charge in [0.15, 0.2) is 0 Å². The third-order valence-corrected chi connectivity index (χ3v) is 9.20. The van der Waals surface area contributed by atoms with Gasteiger partial charge >= 0.3 is 10.4 Å². The molecule has 33 heavy (non-hydrogen) atoms. The van der Waals surface area contributed by atoms with E-state index in [9.17, 15) is 13.5 Å². The maximum Gasteiger partial charge on any atom is 0.397 e. The number of hydrogen-bond acceptors (Lipinski definition) is 4. The lowest BCUT2D eigenvalue weighted by molar-refractivity contribution is 0.0575. The molecule has 0 radical (unpaired) electrons. The van der Waals surface area contributed by atoms with Crippen LogP contribution >= 0.6 is 0 Å². The van der Waals surface area contributed by atoms with E-state index in [0.717, 1.165) is 48.7 Å². The Balaban J connectivity index is 1.60. The normalized spacial score (nSPS) is 34.6. The second-order valence-electron chi connectivity index (χ2n) is 11.8. The Hall–Kier alpha value is -0.950. The Bertz CT molecular complexity index is 879. The summed E-state index contributed by atoms with van der Waals surface area (Å²) in [4.78, 5) is 0. The molecule has 5 atom stereocenters. The van der Waals surface area contributed by atoms with Crippen molar-refractivity contribution >= 4 is 10.4 Å². The summed E-state index contributed by atoms with van der Waals surface area (Å²) in [5.41, 5.74) is 3.37. The van der Waals surface area contributed by atoms with E-state index in [1.165, 1.54) is 31.3 Å². The van der Waals surface area contributed by atoms with Gasteiger partial charge in [0.05, 0.1) is 11.7 Å². The SMILES string of the molecule is C=C1CC[C@H](OS(=O)(=O)O)C/C1=C\C=C1\CC[C@]2(C)[C@@H](CC[C@@H]2[C@H](C)CCCC(C)(C)O)C1. The molecule has 3 saturated carbocycles. The lowest BCUT2D eigenvalue weighted by Gasteiger charge is -2.44. The summed E-state index contributed by atoms with van der Waals surface area (Å²) in [7, 11) is -4.43. The predicted octanol–water partition coefficient (Wildman–Crippen LogP) is 6.56. The van der Waals surface area contributed by atoms with Crippen LogP contribution in [0.1, 0.15) is 98.3 Å². The second kappa shape index (κ2) is 10.3. The quantitative estimate of drug-likeness (QED) is 0.384. The van der Waals surface area contributed by atoms with E-state index in [4.69, 9.17) is 8.74 Å². The maximum atomic E-state index is 11.1. The van der Waals surface area contributed by atoms with Crippen LogP contribution in [0, 0.1) is 23.2 Å². The van der Waals surface area contributed by atoms with Crippen LogP contribution in [0.2, 0.25) is 0 Å². The Morgan fingerprint density at radius 1 is 1.21 bits per heavy atom. The molecule has 0 saturated heterocycles. The van der Waals surface area contributed by atoms with Crippen LogP contribution < -0.4 is 0 Å². The van der Waals surface area contributed by atoms with Gasteiger partial charge < -0.3 is 5.11 Å². The lowest BCUT2D eigenvalue weighted by Crippen LogP contribution is -2.35. The standard InChI is InChI=1S/C27H44O5S/c1-19-8-12-24(32-33(29,30)31)18-22(19)10-9-21-14-16-27(5)23(17-21)11-13-25(27)20(2)7-6-15-26(3,4)28/h9-10,20,23-25,28H,1,6-8,11-18H2,2-5H3,(H,29,30,31)/b21-9-,22-10+/t20-,23+,24+,25-,27-/m1/s1. The summed E-state index contributed by atoms with van der Waals surface area (Å²) in [6.07, 6.45) is 14.8. The van der Waals surface area contributed by atoms with Gasteiger partial charge in [-0.3, -0.25) is 4.55 Å². The monoisotopic (exact) mass is 480 g/mol. The summed E-state index contributed by atoms with van der Waals surface area (Å²) in [5.74, 6) is 2.18. The average Bonchev–Trinajstić information content (AvgIpc) is 3.02. The molecule has 3 aliphatic carbocycles. The van der Waals surface area contributed by atoms with Gasteiger partial charge in [0.1, 0.15) is 0 Å². The van der Waals surface area contributed by atoms with Crippen molar-refractivity contribution in [3.05, 3.63) is 35.5 Å². The highest BCUT2D eigenvalue weighted by atomic mass is 32.3. The van der Waals surface area contributed by atoms with Crippen LogP contribution in [0.5, 0.6) is 0 Å². The number of allylic oxidation sites excluding steroid dienone is 4. The molecule has 0 heterocycles. The first kappa shape index (κ1) is 26.7. The van der Waals surface area contributed by atoms with Crippen LogP contribution in [0.15, 0.2) is 35.5 Å². The van der Waals surface area contributed by atoms with Gasteiger partial charge in [-0.2, -0.15) is 8.42 Å². The van der Waals surface area contributed by atoms with E-state index < -0.39 is 22.1 Å². The van der Waals surface area contributed by atoms with Crippen LogP contribution in [0.4, 0.5) is 0 Å². The van der Waals surface area contributed by atoms with Crippen molar-refractivity contribution in [2.75, 3.05) is 0 Å². The van der Waals surface area contributed by atoms with Gasteiger partial charge in [-0.05, 0) is 94.0 Å². The summed E-state index contributed by atoms with van der Waals surface area (Å²) < 4.78 is 36.0. The highest BCUT2D eigenvalue weighted by molar-refractivity contribution is 7.80. The molecule has 0 amide bonds. The smallest absolute Gasteiger partial charge is 0.390 e. The summed E-state index contributed by atoms with van der Waals surface area (Å²) >= 11 is 0. The Labute approximate surface area is 201 Å². The molecule has 0 aromatic carbocycles. The third-order valence-electron chi connectivity index (χ3n) is 8.68. The number of rotatable bonds is 8. The summed E-state index contributed by atoms with van der Waals surface area (Å²) in [6, 6.07) is 0. The van der Waals surface area contributed by atoms with Gasteiger partial charge in [-0.25, -0.2) is 4.18 Å². The lowest BCUT2D eigenvalue weighted by atomic mass is 9.61. The molecule has 0 spiro atoms. The van der Waals surface area contributed by atoms with E-state index >= 15 is 0 Å². The van der Waals surface area contributed by atoms with Crippen LogP contribution in [-0.4, -0.2) is 29.8 Å². The highest BCUT2D eigenvalue weighted by Gasteiger charge is 2.49. The molecule has 6 heteroatoms. The molecule has 0 aromatic rings. The number of fused-ring (bicyclic) bond motifs is 1. The molecule has 0 unspecified atom stereocenters. The fourth-order valence-corrected chi connectivity index (χ4v) is 7.21. The second-order valence-corrected chi connectivity index (χ2v) is 12.8. The zero-order chi connectivity index (χ0) is 24.4. The van der Waals surface area contributed by atoms with Crippen molar-refractivity contribution in [1.82, 2.24) is 0 Å². The van der Waals surface area contributed by atoms with Gasteiger partial charge in [0, 0.05) is 6.42 Å². The van der Waals surface area contributed by atoms with Crippen molar-refractivity contribution in [3.63, 3.8) is 0 Å². The molecular weight excluding hydrogens is 436 g/mol. The van der Waals surface area contributed by atoms with E-state index in [1.54, 1.807) is 0 Å². The molecule has 0 aromatic heterocycles. The maximum absolute atomic E-state index is 11.1. The van der Waals surface area contributed by atoms with Crippen molar-refractivity contribution in [2.24, 2.45) is 23.2 Å². The molecular formula is C27H44O5S. The number of hydrogen-bond donors (Lipinski definition) is 2. The van der Waals surface area contributed by atoms with E-state index in [2.05, 4.69) is 32.6 Å². The van der Waals surface area contributed by atoms with Gasteiger partial charge in [-0.15, -0.1) is 0 Å². The van der Waals surface area contributed by atoms with Crippen LogP contribution in [0.25, 0.3) is 0 Å². The topological polar surface area (TPSA) is 83.8 Å². The Morgan fingerprint density at radius 2 is 1.94 bits per heavy atom. The molecule has 188 valence electrons. The van der Waals surface area contributed by atoms with E-state index in [1.807, 2.05) is 13.8 Å². The third kappa shape index (κ3) is 7.27. The highest BCUT2D eigenvalue weighted by Crippen LogP contribution is 2.59. The summed E-state index contributed by atoms with van der Waals surface area (Å²) in [6.45, 7) is 12.9. The summed E-state index contributed by atoms with van der Waals surface area (Å²) in [5, 5.41) is 10.0. The fraction of sp³-hybridized carbons (Fsp3) is 0.778.